The van der Waals surface area contributed by atoms with E-state index >= 15 is 0 Å². The number of pyridine rings is 1. The van der Waals surface area contributed by atoms with Gasteiger partial charge < -0.3 is 10.2 Å². The Morgan fingerprint density at radius 3 is 2.96 bits per heavy atom. The molecule has 1 aromatic carbocycles. The minimum atomic E-state index is -0.559. The molecule has 23 heavy (non-hydrogen) atoms. The fourth-order valence-electron chi connectivity index (χ4n) is 4.33. The van der Waals surface area contributed by atoms with Crippen molar-refractivity contribution in [2.75, 3.05) is 13.1 Å². The second-order valence-electron chi connectivity index (χ2n) is 6.79. The van der Waals surface area contributed by atoms with Crippen molar-refractivity contribution in [3.05, 3.63) is 48.7 Å². The third-order valence-electron chi connectivity index (χ3n) is 5.60. The SMILES string of the molecule is C=C[C@H]1CN2CC[C@H]1CC2C(O)c1ccnc2ccc(O)cc12. The Kier molecular flexibility index (Phi) is 3.58. The summed E-state index contributed by atoms with van der Waals surface area (Å²) in [5.41, 5.74) is 1.66. The van der Waals surface area contributed by atoms with Gasteiger partial charge in [-0.15, -0.1) is 6.58 Å². The Balaban J connectivity index is 1.69. The van der Waals surface area contributed by atoms with Gasteiger partial charge in [0.1, 0.15) is 5.75 Å². The molecule has 3 aliphatic heterocycles. The van der Waals surface area contributed by atoms with E-state index in [2.05, 4.69) is 22.5 Å². The van der Waals surface area contributed by atoms with Crippen LogP contribution >= 0.6 is 0 Å². The highest BCUT2D eigenvalue weighted by molar-refractivity contribution is 5.83. The van der Waals surface area contributed by atoms with Crippen LogP contribution in [0.25, 0.3) is 10.9 Å². The number of nitrogens with zero attached hydrogens (tertiary/aromatic N) is 2. The van der Waals surface area contributed by atoms with Gasteiger partial charge in [-0.2, -0.15) is 0 Å². The van der Waals surface area contributed by atoms with Crippen molar-refractivity contribution < 1.29 is 10.2 Å². The lowest BCUT2D eigenvalue weighted by molar-refractivity contribution is -0.0444. The van der Waals surface area contributed by atoms with E-state index in [0.717, 1.165) is 36.0 Å². The first-order chi connectivity index (χ1) is 11.2. The number of aliphatic hydroxyl groups is 1. The predicted octanol–water partition coefficient (Wildman–Crippen LogP) is 2.87. The Bertz CT molecular complexity index is 745. The lowest BCUT2D eigenvalue weighted by atomic mass is 9.73. The maximum Gasteiger partial charge on any atom is 0.116 e. The van der Waals surface area contributed by atoms with E-state index < -0.39 is 6.10 Å². The molecular weight excluding hydrogens is 288 g/mol. The summed E-state index contributed by atoms with van der Waals surface area (Å²) in [5, 5.41) is 21.7. The van der Waals surface area contributed by atoms with E-state index in [-0.39, 0.29) is 11.8 Å². The molecule has 3 fully saturated rings. The number of piperidine rings is 3. The number of aromatic nitrogens is 1. The molecule has 3 aliphatic rings. The van der Waals surface area contributed by atoms with E-state index in [1.54, 1.807) is 24.4 Å². The summed E-state index contributed by atoms with van der Waals surface area (Å²) >= 11 is 0. The molecule has 2 aromatic rings. The summed E-state index contributed by atoms with van der Waals surface area (Å²) < 4.78 is 0. The van der Waals surface area contributed by atoms with Crippen LogP contribution in [0.2, 0.25) is 0 Å². The van der Waals surface area contributed by atoms with Crippen LogP contribution in [0.1, 0.15) is 24.5 Å². The highest BCUT2D eigenvalue weighted by atomic mass is 16.3. The van der Waals surface area contributed by atoms with Gasteiger partial charge in [0.25, 0.3) is 0 Å². The Labute approximate surface area is 136 Å². The van der Waals surface area contributed by atoms with Crippen LogP contribution in [0.4, 0.5) is 0 Å². The predicted molar refractivity (Wildman–Crippen MR) is 90.1 cm³/mol. The first kappa shape index (κ1) is 14.7. The molecule has 0 spiro atoms. The molecule has 5 atom stereocenters. The number of rotatable bonds is 3. The molecule has 0 radical (unpaired) electrons. The Morgan fingerprint density at radius 2 is 2.22 bits per heavy atom. The zero-order valence-corrected chi connectivity index (χ0v) is 13.1. The highest BCUT2D eigenvalue weighted by Crippen LogP contribution is 2.42. The Morgan fingerprint density at radius 1 is 1.35 bits per heavy atom. The van der Waals surface area contributed by atoms with Crippen LogP contribution in [0, 0.1) is 11.8 Å². The second-order valence-corrected chi connectivity index (χ2v) is 6.79. The summed E-state index contributed by atoms with van der Waals surface area (Å²) in [6, 6.07) is 7.14. The molecule has 4 heterocycles. The minimum absolute atomic E-state index is 0.137. The van der Waals surface area contributed by atoms with E-state index in [1.165, 1.54) is 6.42 Å². The zero-order valence-electron chi connectivity index (χ0n) is 13.1. The van der Waals surface area contributed by atoms with Crippen LogP contribution in [0.5, 0.6) is 5.75 Å². The lowest BCUT2D eigenvalue weighted by Crippen LogP contribution is -2.54. The molecule has 2 N–H and O–H groups in total. The smallest absolute Gasteiger partial charge is 0.116 e. The van der Waals surface area contributed by atoms with Crippen molar-refractivity contribution in [2.45, 2.75) is 25.0 Å². The maximum absolute atomic E-state index is 11.0. The van der Waals surface area contributed by atoms with Gasteiger partial charge in [0.15, 0.2) is 0 Å². The van der Waals surface area contributed by atoms with Crippen molar-refractivity contribution in [1.82, 2.24) is 9.88 Å². The molecule has 5 rings (SSSR count). The van der Waals surface area contributed by atoms with Crippen LogP contribution < -0.4 is 0 Å². The number of benzene rings is 1. The van der Waals surface area contributed by atoms with E-state index in [0.29, 0.717) is 11.8 Å². The zero-order chi connectivity index (χ0) is 16.0. The fourth-order valence-corrected chi connectivity index (χ4v) is 4.33. The lowest BCUT2D eigenvalue weighted by Gasteiger charge is -2.50. The number of phenols is 1. The molecule has 3 unspecified atom stereocenters. The second kappa shape index (κ2) is 5.62. The molecule has 2 bridgehead atoms. The quantitative estimate of drug-likeness (QED) is 0.856. The van der Waals surface area contributed by atoms with Crippen LogP contribution in [-0.4, -0.2) is 39.2 Å². The molecule has 1 aromatic heterocycles. The van der Waals surface area contributed by atoms with Gasteiger partial charge in [-0.05, 0) is 61.1 Å². The average molecular weight is 310 g/mol. The van der Waals surface area contributed by atoms with Gasteiger partial charge in [-0.25, -0.2) is 0 Å². The minimum Gasteiger partial charge on any atom is -0.508 e. The van der Waals surface area contributed by atoms with Crippen molar-refractivity contribution in [3.63, 3.8) is 0 Å². The van der Waals surface area contributed by atoms with Crippen LogP contribution in [-0.2, 0) is 0 Å². The summed E-state index contributed by atoms with van der Waals surface area (Å²) in [7, 11) is 0. The number of aliphatic hydroxyl groups excluding tert-OH is 1. The third kappa shape index (κ3) is 2.42. The molecule has 4 nitrogen and oxygen atoms in total. The van der Waals surface area contributed by atoms with Crippen molar-refractivity contribution in [3.8, 4) is 5.75 Å². The van der Waals surface area contributed by atoms with Gasteiger partial charge >= 0.3 is 0 Å². The number of hydrogen-bond acceptors (Lipinski definition) is 4. The Hall–Kier alpha value is -1.91. The van der Waals surface area contributed by atoms with Crippen LogP contribution in [0.3, 0.4) is 0 Å². The molecular formula is C19H22N2O2. The molecule has 4 heteroatoms. The highest BCUT2D eigenvalue weighted by Gasteiger charge is 2.42. The van der Waals surface area contributed by atoms with E-state index in [9.17, 15) is 10.2 Å². The molecule has 3 saturated heterocycles. The van der Waals surface area contributed by atoms with Gasteiger partial charge in [0.2, 0.25) is 0 Å². The van der Waals surface area contributed by atoms with Gasteiger partial charge in [0, 0.05) is 24.2 Å². The number of fused-ring (bicyclic) bond motifs is 4. The van der Waals surface area contributed by atoms with Crippen molar-refractivity contribution in [2.24, 2.45) is 11.8 Å². The fraction of sp³-hybridized carbons (Fsp3) is 0.421. The van der Waals surface area contributed by atoms with Gasteiger partial charge in [0.05, 0.1) is 11.6 Å². The molecule has 0 aliphatic carbocycles. The topological polar surface area (TPSA) is 56.6 Å². The normalized spacial score (nSPS) is 31.2. The third-order valence-corrected chi connectivity index (χ3v) is 5.60. The standard InChI is InChI=1S/C19H22N2O2/c1-2-12-11-21-8-6-13(12)9-18(21)19(23)15-5-7-20-17-4-3-14(22)10-16(15)17/h2-5,7,10,12-13,18-19,22-23H,1,6,8-9,11H2/t12-,13-,18?,19?/m0/s1. The van der Waals surface area contributed by atoms with Crippen molar-refractivity contribution in [1.29, 1.82) is 0 Å². The maximum atomic E-state index is 11.0. The molecule has 0 saturated carbocycles. The average Bonchev–Trinajstić information content (AvgIpc) is 2.60. The number of aromatic hydroxyl groups is 1. The summed E-state index contributed by atoms with van der Waals surface area (Å²) in [4.78, 5) is 6.73. The first-order valence-electron chi connectivity index (χ1n) is 8.29. The van der Waals surface area contributed by atoms with E-state index in [1.807, 2.05) is 6.07 Å². The first-order valence-corrected chi connectivity index (χ1v) is 8.29. The summed E-state index contributed by atoms with van der Waals surface area (Å²) in [6.45, 7) is 5.99. The van der Waals surface area contributed by atoms with E-state index in [4.69, 9.17) is 0 Å². The van der Waals surface area contributed by atoms with Crippen molar-refractivity contribution >= 4 is 10.9 Å². The van der Waals surface area contributed by atoms with Gasteiger partial charge in [-0.1, -0.05) is 6.08 Å². The largest absolute Gasteiger partial charge is 0.508 e. The monoisotopic (exact) mass is 310 g/mol. The summed E-state index contributed by atoms with van der Waals surface area (Å²) in [6.07, 6.45) is 5.44. The van der Waals surface area contributed by atoms with Crippen LogP contribution in [0.15, 0.2) is 43.1 Å². The van der Waals surface area contributed by atoms with Gasteiger partial charge in [-0.3, -0.25) is 9.88 Å². The number of hydrogen-bond donors (Lipinski definition) is 2. The molecule has 0 amide bonds. The summed E-state index contributed by atoms with van der Waals surface area (Å²) in [5.74, 6) is 1.38. The number of phenolic OH excluding ortho intramolecular Hbond substituents is 1. The molecule has 120 valence electrons.